The molecule has 0 radical (unpaired) electrons. The Labute approximate surface area is 127 Å². The first-order chi connectivity index (χ1) is 10.6. The number of aromatic amines is 1. The quantitative estimate of drug-likeness (QED) is 0.881. The molecule has 1 amide bonds. The Morgan fingerprint density at radius 3 is 2.91 bits per heavy atom. The number of hydrogen-bond acceptors (Lipinski definition) is 5. The summed E-state index contributed by atoms with van der Waals surface area (Å²) in [6.07, 6.45) is 2.79. The van der Waals surface area contributed by atoms with Crippen LogP contribution in [0.2, 0.25) is 0 Å². The zero-order valence-corrected chi connectivity index (χ0v) is 12.2. The number of aromatic nitrogens is 3. The predicted molar refractivity (Wildman–Crippen MR) is 78.4 cm³/mol. The van der Waals surface area contributed by atoms with Gasteiger partial charge in [0.1, 0.15) is 11.9 Å². The third-order valence-electron chi connectivity index (χ3n) is 3.49. The second-order valence-corrected chi connectivity index (χ2v) is 5.10. The molecule has 2 aromatic heterocycles. The van der Waals surface area contributed by atoms with Crippen LogP contribution in [0.4, 0.5) is 0 Å². The zero-order chi connectivity index (χ0) is 15.5. The van der Waals surface area contributed by atoms with Gasteiger partial charge in [-0.25, -0.2) is 4.98 Å². The van der Waals surface area contributed by atoms with E-state index in [0.717, 1.165) is 0 Å². The van der Waals surface area contributed by atoms with Crippen LogP contribution < -0.4 is 5.56 Å². The Kier molecular flexibility index (Phi) is 3.97. The topological polar surface area (TPSA) is 88.2 Å². The number of carbonyl (C=O) groups excluding carboxylic acids is 1. The molecule has 0 bridgehead atoms. The number of nitrogens with zero attached hydrogens (tertiary/aromatic N) is 3. The number of H-pyrrole nitrogens is 1. The number of carbonyl (C=O) groups is 1. The number of pyridine rings is 1. The van der Waals surface area contributed by atoms with Gasteiger partial charge in [-0.2, -0.15) is 0 Å². The van der Waals surface area contributed by atoms with Gasteiger partial charge in [0.05, 0.1) is 18.8 Å². The minimum atomic E-state index is -0.388. The molecule has 7 nitrogen and oxygen atoms in total. The molecule has 0 saturated carbocycles. The van der Waals surface area contributed by atoms with E-state index in [1.165, 1.54) is 6.07 Å². The van der Waals surface area contributed by atoms with Crippen molar-refractivity contribution in [2.75, 3.05) is 19.7 Å². The highest BCUT2D eigenvalue weighted by atomic mass is 16.5. The summed E-state index contributed by atoms with van der Waals surface area (Å²) < 4.78 is 5.67. The average Bonchev–Trinajstić information content (AvgIpc) is 2.54. The first-order valence-corrected chi connectivity index (χ1v) is 7.02. The maximum absolute atomic E-state index is 12.5. The molecule has 1 aliphatic rings. The number of nitrogens with one attached hydrogen (secondary N) is 1. The van der Waals surface area contributed by atoms with Gasteiger partial charge in [0.25, 0.3) is 11.5 Å². The van der Waals surface area contributed by atoms with E-state index in [-0.39, 0.29) is 17.6 Å². The SMILES string of the molecule is Cc1nc(C2CN(C(=O)c3ccncc3)CCO2)cc(=O)[nH]1. The smallest absolute Gasteiger partial charge is 0.254 e. The van der Waals surface area contributed by atoms with Crippen molar-refractivity contribution < 1.29 is 9.53 Å². The van der Waals surface area contributed by atoms with E-state index in [1.54, 1.807) is 36.4 Å². The van der Waals surface area contributed by atoms with Crippen LogP contribution >= 0.6 is 0 Å². The molecule has 1 unspecified atom stereocenters. The number of amides is 1. The zero-order valence-electron chi connectivity index (χ0n) is 12.2. The van der Waals surface area contributed by atoms with Crippen molar-refractivity contribution in [2.24, 2.45) is 0 Å². The molecule has 1 fully saturated rings. The molecule has 3 rings (SSSR count). The molecule has 1 aliphatic heterocycles. The Morgan fingerprint density at radius 2 is 2.18 bits per heavy atom. The number of ether oxygens (including phenoxy) is 1. The minimum absolute atomic E-state index is 0.0720. The highest BCUT2D eigenvalue weighted by Gasteiger charge is 2.27. The van der Waals surface area contributed by atoms with Gasteiger partial charge in [0.2, 0.25) is 0 Å². The van der Waals surface area contributed by atoms with Crippen molar-refractivity contribution in [3.63, 3.8) is 0 Å². The van der Waals surface area contributed by atoms with E-state index in [9.17, 15) is 9.59 Å². The molecule has 114 valence electrons. The molecular weight excluding hydrogens is 284 g/mol. The first-order valence-electron chi connectivity index (χ1n) is 7.02. The molecule has 1 N–H and O–H groups in total. The molecular formula is C15H16N4O3. The lowest BCUT2D eigenvalue weighted by Crippen LogP contribution is -2.42. The normalized spacial score (nSPS) is 18.2. The van der Waals surface area contributed by atoms with Crippen molar-refractivity contribution in [1.29, 1.82) is 0 Å². The van der Waals surface area contributed by atoms with Gasteiger partial charge >= 0.3 is 0 Å². The minimum Gasteiger partial charge on any atom is -0.368 e. The highest BCUT2D eigenvalue weighted by Crippen LogP contribution is 2.21. The third-order valence-corrected chi connectivity index (χ3v) is 3.49. The van der Waals surface area contributed by atoms with Crippen LogP contribution in [0.3, 0.4) is 0 Å². The maximum atomic E-state index is 12.5. The van der Waals surface area contributed by atoms with Crippen LogP contribution in [0, 0.1) is 6.92 Å². The van der Waals surface area contributed by atoms with Gasteiger partial charge in [-0.3, -0.25) is 14.6 Å². The Hall–Kier alpha value is -2.54. The van der Waals surface area contributed by atoms with Crippen LogP contribution in [0.5, 0.6) is 0 Å². The Bertz CT molecular complexity index is 729. The van der Waals surface area contributed by atoms with Gasteiger partial charge < -0.3 is 14.6 Å². The van der Waals surface area contributed by atoms with Crippen LogP contribution in [0.25, 0.3) is 0 Å². The first kappa shape index (κ1) is 14.4. The molecule has 2 aromatic rings. The van der Waals surface area contributed by atoms with E-state index in [1.807, 2.05) is 0 Å². The second kappa shape index (κ2) is 6.07. The van der Waals surface area contributed by atoms with E-state index in [2.05, 4.69) is 15.0 Å². The Balaban J connectivity index is 1.79. The van der Waals surface area contributed by atoms with Gasteiger partial charge in [0.15, 0.2) is 0 Å². The molecule has 22 heavy (non-hydrogen) atoms. The summed E-state index contributed by atoms with van der Waals surface area (Å²) >= 11 is 0. The summed E-state index contributed by atoms with van der Waals surface area (Å²) in [6.45, 7) is 3.01. The lowest BCUT2D eigenvalue weighted by atomic mass is 10.1. The molecule has 0 aliphatic carbocycles. The molecule has 1 saturated heterocycles. The Morgan fingerprint density at radius 1 is 1.41 bits per heavy atom. The fraction of sp³-hybridized carbons (Fsp3) is 0.333. The molecule has 3 heterocycles. The highest BCUT2D eigenvalue weighted by molar-refractivity contribution is 5.94. The summed E-state index contributed by atoms with van der Waals surface area (Å²) in [5.74, 6) is 0.459. The van der Waals surface area contributed by atoms with Gasteiger partial charge in [-0.05, 0) is 19.1 Å². The van der Waals surface area contributed by atoms with Crippen LogP contribution in [0.1, 0.15) is 28.0 Å². The van der Waals surface area contributed by atoms with Crippen LogP contribution in [-0.2, 0) is 4.74 Å². The van der Waals surface area contributed by atoms with E-state index < -0.39 is 0 Å². The van der Waals surface area contributed by atoms with Gasteiger partial charge in [-0.15, -0.1) is 0 Å². The second-order valence-electron chi connectivity index (χ2n) is 5.10. The van der Waals surface area contributed by atoms with Gasteiger partial charge in [-0.1, -0.05) is 0 Å². The van der Waals surface area contributed by atoms with Crippen molar-refractivity contribution >= 4 is 5.91 Å². The summed E-state index contributed by atoms with van der Waals surface area (Å²) in [4.78, 5) is 36.5. The summed E-state index contributed by atoms with van der Waals surface area (Å²) in [5.41, 5.74) is 0.919. The van der Waals surface area contributed by atoms with Crippen molar-refractivity contribution in [2.45, 2.75) is 13.0 Å². The van der Waals surface area contributed by atoms with Crippen molar-refractivity contribution in [1.82, 2.24) is 19.9 Å². The van der Waals surface area contributed by atoms with Crippen LogP contribution in [-0.4, -0.2) is 45.5 Å². The molecule has 1 atom stereocenters. The van der Waals surface area contributed by atoms with Gasteiger partial charge in [0, 0.05) is 30.6 Å². The van der Waals surface area contributed by atoms with E-state index in [4.69, 9.17) is 4.74 Å². The number of hydrogen-bond donors (Lipinski definition) is 1. The largest absolute Gasteiger partial charge is 0.368 e. The maximum Gasteiger partial charge on any atom is 0.254 e. The molecule has 7 heteroatoms. The fourth-order valence-corrected chi connectivity index (χ4v) is 2.46. The van der Waals surface area contributed by atoms with E-state index in [0.29, 0.717) is 36.8 Å². The van der Waals surface area contributed by atoms with Crippen molar-refractivity contribution in [3.8, 4) is 0 Å². The monoisotopic (exact) mass is 300 g/mol. The number of rotatable bonds is 2. The standard InChI is InChI=1S/C15H16N4O3/c1-10-17-12(8-14(20)18-10)13-9-19(6-7-22-13)15(21)11-2-4-16-5-3-11/h2-5,8,13H,6-7,9H2,1H3,(H,17,18,20). The molecule has 0 spiro atoms. The lowest BCUT2D eigenvalue weighted by Gasteiger charge is -2.32. The average molecular weight is 300 g/mol. The number of morpholine rings is 1. The van der Waals surface area contributed by atoms with Crippen LogP contribution in [0.15, 0.2) is 35.4 Å². The third kappa shape index (κ3) is 3.04. The fourth-order valence-electron chi connectivity index (χ4n) is 2.46. The predicted octanol–water partition coefficient (Wildman–Crippen LogP) is 0.687. The molecule has 0 aromatic carbocycles. The summed E-state index contributed by atoms with van der Waals surface area (Å²) in [6, 6.07) is 4.78. The lowest BCUT2D eigenvalue weighted by molar-refractivity contribution is -0.0249. The van der Waals surface area contributed by atoms with Crippen molar-refractivity contribution in [3.05, 3.63) is 58.0 Å². The summed E-state index contributed by atoms with van der Waals surface area (Å²) in [5, 5.41) is 0. The summed E-state index contributed by atoms with van der Waals surface area (Å²) in [7, 11) is 0. The van der Waals surface area contributed by atoms with E-state index >= 15 is 0 Å². The number of aryl methyl sites for hydroxylation is 1.